The standard InChI is InChI=1S/C26H26N2O2/c1-25(19-9-5-3-6-10-19)13-15-27-16-14-26(2,20-11-7-4-8-12-20)23-18-21(28(29)30)17-22(25)24(23)27/h3-12,17-18H,13-16H2,1-2H3/t25-,26+. The lowest BCUT2D eigenvalue weighted by atomic mass is 9.64. The Hall–Kier alpha value is -3.14. The topological polar surface area (TPSA) is 46.4 Å². The molecule has 152 valence electrons. The van der Waals surface area contributed by atoms with E-state index >= 15 is 0 Å². The third-order valence-electron chi connectivity index (χ3n) is 7.40. The van der Waals surface area contributed by atoms with Gasteiger partial charge in [0.05, 0.1) is 4.92 Å². The summed E-state index contributed by atoms with van der Waals surface area (Å²) in [4.78, 5) is 14.2. The molecule has 0 aromatic heterocycles. The monoisotopic (exact) mass is 398 g/mol. The number of anilines is 1. The van der Waals surface area contributed by atoms with Crippen molar-refractivity contribution in [3.63, 3.8) is 0 Å². The molecule has 0 bridgehead atoms. The average Bonchev–Trinajstić information content (AvgIpc) is 2.79. The van der Waals surface area contributed by atoms with E-state index in [0.717, 1.165) is 37.1 Å². The van der Waals surface area contributed by atoms with Gasteiger partial charge in [0.25, 0.3) is 5.69 Å². The van der Waals surface area contributed by atoms with E-state index in [-0.39, 0.29) is 21.4 Å². The summed E-state index contributed by atoms with van der Waals surface area (Å²) in [6.45, 7) is 6.42. The fourth-order valence-corrected chi connectivity index (χ4v) is 5.44. The first-order valence-electron chi connectivity index (χ1n) is 10.6. The third-order valence-corrected chi connectivity index (χ3v) is 7.40. The number of nitrogens with zero attached hydrogens (tertiary/aromatic N) is 2. The van der Waals surface area contributed by atoms with E-state index in [9.17, 15) is 10.1 Å². The van der Waals surface area contributed by atoms with E-state index in [4.69, 9.17) is 0 Å². The molecular weight excluding hydrogens is 372 g/mol. The first-order valence-corrected chi connectivity index (χ1v) is 10.6. The van der Waals surface area contributed by atoms with Gasteiger partial charge >= 0.3 is 0 Å². The number of hydrogen-bond donors (Lipinski definition) is 0. The van der Waals surface area contributed by atoms with Gasteiger partial charge in [-0.05, 0) is 35.1 Å². The molecule has 2 aliphatic heterocycles. The number of rotatable bonds is 3. The lowest BCUT2D eigenvalue weighted by Gasteiger charge is -2.50. The van der Waals surface area contributed by atoms with Crippen molar-refractivity contribution < 1.29 is 4.92 Å². The smallest absolute Gasteiger partial charge is 0.270 e. The van der Waals surface area contributed by atoms with Gasteiger partial charge in [-0.25, -0.2) is 0 Å². The number of benzene rings is 3. The molecule has 0 spiro atoms. The molecule has 0 unspecified atom stereocenters. The highest BCUT2D eigenvalue weighted by Crippen LogP contribution is 2.54. The minimum Gasteiger partial charge on any atom is -0.371 e. The van der Waals surface area contributed by atoms with Gasteiger partial charge in [-0.1, -0.05) is 74.5 Å². The summed E-state index contributed by atoms with van der Waals surface area (Å²) in [6, 6.07) is 24.6. The van der Waals surface area contributed by atoms with Crippen LogP contribution in [0.2, 0.25) is 0 Å². The zero-order valence-corrected chi connectivity index (χ0v) is 17.5. The Morgan fingerprint density at radius 2 is 1.23 bits per heavy atom. The summed E-state index contributed by atoms with van der Waals surface area (Å²) in [6.07, 6.45) is 1.90. The van der Waals surface area contributed by atoms with Crippen LogP contribution in [0.1, 0.15) is 48.9 Å². The van der Waals surface area contributed by atoms with Gasteiger partial charge in [0, 0.05) is 41.7 Å². The second-order valence-corrected chi connectivity index (χ2v) is 9.03. The van der Waals surface area contributed by atoms with Crippen molar-refractivity contribution in [1.82, 2.24) is 0 Å². The van der Waals surface area contributed by atoms with Crippen LogP contribution in [0, 0.1) is 10.1 Å². The molecule has 0 N–H and O–H groups in total. The number of nitro groups is 1. The molecule has 4 nitrogen and oxygen atoms in total. The molecule has 3 aromatic rings. The van der Waals surface area contributed by atoms with Crippen LogP contribution in [-0.4, -0.2) is 18.0 Å². The fourth-order valence-electron chi connectivity index (χ4n) is 5.44. The first kappa shape index (κ1) is 18.9. The zero-order valence-electron chi connectivity index (χ0n) is 17.5. The molecule has 2 heterocycles. The Kier molecular flexibility index (Phi) is 4.21. The molecule has 0 aliphatic carbocycles. The molecule has 30 heavy (non-hydrogen) atoms. The van der Waals surface area contributed by atoms with Crippen LogP contribution in [0.25, 0.3) is 0 Å². The van der Waals surface area contributed by atoms with E-state index in [0.29, 0.717) is 0 Å². The molecule has 2 atom stereocenters. The molecule has 0 saturated carbocycles. The minimum atomic E-state index is -0.247. The predicted molar refractivity (Wildman–Crippen MR) is 120 cm³/mol. The van der Waals surface area contributed by atoms with Gasteiger partial charge in [0.2, 0.25) is 0 Å². The van der Waals surface area contributed by atoms with E-state index in [1.807, 2.05) is 24.3 Å². The maximum Gasteiger partial charge on any atom is 0.270 e. The van der Waals surface area contributed by atoms with Crippen LogP contribution in [-0.2, 0) is 10.8 Å². The second-order valence-electron chi connectivity index (χ2n) is 9.03. The summed E-state index contributed by atoms with van der Waals surface area (Å²) in [5.41, 5.74) is 5.52. The van der Waals surface area contributed by atoms with E-state index in [2.05, 4.69) is 67.3 Å². The van der Waals surface area contributed by atoms with Crippen LogP contribution in [0.15, 0.2) is 72.8 Å². The Balaban J connectivity index is 1.81. The van der Waals surface area contributed by atoms with Gasteiger partial charge in [-0.15, -0.1) is 0 Å². The lowest BCUT2D eigenvalue weighted by Crippen LogP contribution is -2.46. The highest BCUT2D eigenvalue weighted by atomic mass is 16.6. The van der Waals surface area contributed by atoms with Crippen molar-refractivity contribution >= 4 is 11.4 Å². The number of hydrogen-bond acceptors (Lipinski definition) is 3. The van der Waals surface area contributed by atoms with E-state index in [1.54, 1.807) is 0 Å². The summed E-state index contributed by atoms with van der Waals surface area (Å²) >= 11 is 0. The van der Waals surface area contributed by atoms with Gasteiger partial charge in [-0.3, -0.25) is 10.1 Å². The van der Waals surface area contributed by atoms with Crippen LogP contribution in [0.3, 0.4) is 0 Å². The van der Waals surface area contributed by atoms with Crippen LogP contribution in [0.4, 0.5) is 11.4 Å². The Morgan fingerprint density at radius 1 is 0.800 bits per heavy atom. The maximum atomic E-state index is 11.9. The molecule has 2 aliphatic rings. The summed E-state index contributed by atoms with van der Waals surface area (Å²) in [5, 5.41) is 11.9. The fraction of sp³-hybridized carbons (Fsp3) is 0.308. The molecule has 0 radical (unpaired) electrons. The lowest BCUT2D eigenvalue weighted by molar-refractivity contribution is -0.385. The van der Waals surface area contributed by atoms with Crippen molar-refractivity contribution in [3.8, 4) is 0 Å². The quantitative estimate of drug-likeness (QED) is 0.412. The van der Waals surface area contributed by atoms with Gasteiger partial charge < -0.3 is 4.90 Å². The maximum absolute atomic E-state index is 11.9. The summed E-state index contributed by atoms with van der Waals surface area (Å²) < 4.78 is 0. The van der Waals surface area contributed by atoms with Crippen molar-refractivity contribution in [1.29, 1.82) is 0 Å². The van der Waals surface area contributed by atoms with Crippen molar-refractivity contribution in [2.24, 2.45) is 0 Å². The molecule has 0 fully saturated rings. The van der Waals surface area contributed by atoms with Crippen LogP contribution < -0.4 is 4.90 Å². The molecule has 0 amide bonds. The SMILES string of the molecule is C[C@@]1(c2ccccc2)CCN2CC[C@](C)(c3ccccc3)c3cc([N+](=O)[O-])cc1c32. The van der Waals surface area contributed by atoms with Crippen molar-refractivity contribution in [2.75, 3.05) is 18.0 Å². The minimum absolute atomic E-state index is 0.191. The average molecular weight is 399 g/mol. The van der Waals surface area contributed by atoms with Gasteiger partial charge in [0.15, 0.2) is 0 Å². The van der Waals surface area contributed by atoms with Crippen molar-refractivity contribution in [3.05, 3.63) is 105 Å². The Bertz CT molecular complexity index is 1030. The Labute approximate surface area is 177 Å². The highest BCUT2D eigenvalue weighted by Gasteiger charge is 2.45. The largest absolute Gasteiger partial charge is 0.371 e. The second kappa shape index (κ2) is 6.69. The van der Waals surface area contributed by atoms with Gasteiger partial charge in [0.1, 0.15) is 0 Å². The normalized spacial score (nSPS) is 24.9. The summed E-state index contributed by atoms with van der Waals surface area (Å²) in [5.74, 6) is 0. The summed E-state index contributed by atoms with van der Waals surface area (Å²) in [7, 11) is 0. The molecular formula is C26H26N2O2. The zero-order chi connectivity index (χ0) is 20.9. The first-order chi connectivity index (χ1) is 14.4. The molecule has 3 aromatic carbocycles. The highest BCUT2D eigenvalue weighted by molar-refractivity contribution is 5.73. The van der Waals surface area contributed by atoms with Crippen LogP contribution >= 0.6 is 0 Å². The molecule has 5 rings (SSSR count). The molecule has 4 heteroatoms. The molecule has 0 saturated heterocycles. The van der Waals surface area contributed by atoms with E-state index < -0.39 is 0 Å². The third kappa shape index (κ3) is 2.67. The van der Waals surface area contributed by atoms with E-state index in [1.165, 1.54) is 16.8 Å². The van der Waals surface area contributed by atoms with Gasteiger partial charge in [-0.2, -0.15) is 0 Å². The number of non-ortho nitro benzene ring substituents is 1. The van der Waals surface area contributed by atoms with Crippen molar-refractivity contribution in [2.45, 2.75) is 37.5 Å². The predicted octanol–water partition coefficient (Wildman–Crippen LogP) is 5.82. The van der Waals surface area contributed by atoms with Crippen LogP contribution in [0.5, 0.6) is 0 Å². The number of nitro benzene ring substituents is 1. The Morgan fingerprint density at radius 3 is 1.63 bits per heavy atom.